The second-order valence-corrected chi connectivity index (χ2v) is 10.3. The molecule has 7 nitrogen and oxygen atoms in total. The molecule has 2 fully saturated rings. The molecule has 0 amide bonds. The van der Waals surface area contributed by atoms with Gasteiger partial charge in [0.25, 0.3) is 0 Å². The van der Waals surface area contributed by atoms with Crippen molar-refractivity contribution >= 4 is 38.5 Å². The molecular weight excluding hydrogens is 500 g/mol. The van der Waals surface area contributed by atoms with E-state index < -0.39 is 39.4 Å². The molecule has 5 rings (SSSR count). The van der Waals surface area contributed by atoms with Crippen molar-refractivity contribution in [2.75, 3.05) is 31.1 Å². The molecule has 3 aromatic rings. The van der Waals surface area contributed by atoms with Gasteiger partial charge in [-0.3, -0.25) is 4.98 Å². The van der Waals surface area contributed by atoms with Gasteiger partial charge >= 0.3 is 0 Å². The van der Waals surface area contributed by atoms with Crippen LogP contribution < -0.4 is 4.90 Å². The first-order valence-electron chi connectivity index (χ1n) is 10.2. The standard InChI is InChI=1S/C21H17ClF4N4O3S/c22-13-7-12(1-2-14(13)23)34(31,32)30-5-6-33-21(30)3-4-29(11-19(21)26)20-10-27-17-8-15(24)16(25)9-18(17)28-20/h1-2,7-10,19H,3-6,11H2/t19-,21+/m1/s1. The molecule has 0 aliphatic carbocycles. The number of halogens is 5. The van der Waals surface area contributed by atoms with Crippen LogP contribution in [0.5, 0.6) is 0 Å². The van der Waals surface area contributed by atoms with Gasteiger partial charge in [0.1, 0.15) is 11.6 Å². The maximum Gasteiger partial charge on any atom is 0.245 e. The van der Waals surface area contributed by atoms with Gasteiger partial charge in [-0.2, -0.15) is 4.31 Å². The Morgan fingerprint density at radius 2 is 1.79 bits per heavy atom. The summed E-state index contributed by atoms with van der Waals surface area (Å²) in [5, 5.41) is -0.368. The highest BCUT2D eigenvalue weighted by Gasteiger charge is 2.57. The third-order valence-corrected chi connectivity index (χ3v) is 8.26. The summed E-state index contributed by atoms with van der Waals surface area (Å²) in [6.45, 7) is -0.228. The van der Waals surface area contributed by atoms with Gasteiger partial charge in [0.05, 0.1) is 40.3 Å². The maximum atomic E-state index is 15.6. The quantitative estimate of drug-likeness (QED) is 0.495. The van der Waals surface area contributed by atoms with E-state index in [-0.39, 0.29) is 59.4 Å². The molecule has 2 saturated heterocycles. The van der Waals surface area contributed by atoms with Crippen LogP contribution in [0.15, 0.2) is 41.4 Å². The first kappa shape index (κ1) is 23.2. The van der Waals surface area contributed by atoms with E-state index in [9.17, 15) is 21.6 Å². The number of fused-ring (bicyclic) bond motifs is 1. The monoisotopic (exact) mass is 516 g/mol. The van der Waals surface area contributed by atoms with Crippen molar-refractivity contribution in [2.24, 2.45) is 0 Å². The lowest BCUT2D eigenvalue weighted by Crippen LogP contribution is -2.62. The lowest BCUT2D eigenvalue weighted by atomic mass is 9.98. The normalized spacial score (nSPS) is 23.8. The van der Waals surface area contributed by atoms with E-state index in [2.05, 4.69) is 9.97 Å². The Morgan fingerprint density at radius 3 is 2.50 bits per heavy atom. The number of hydrogen-bond acceptors (Lipinski definition) is 6. The molecule has 2 atom stereocenters. The smallest absolute Gasteiger partial charge is 0.245 e. The highest BCUT2D eigenvalue weighted by Crippen LogP contribution is 2.41. The van der Waals surface area contributed by atoms with Crippen molar-refractivity contribution in [1.82, 2.24) is 14.3 Å². The van der Waals surface area contributed by atoms with E-state index in [1.165, 1.54) is 11.1 Å². The molecule has 2 aliphatic heterocycles. The highest BCUT2D eigenvalue weighted by atomic mass is 35.5. The Hall–Kier alpha value is -2.54. The minimum absolute atomic E-state index is 0.0187. The van der Waals surface area contributed by atoms with Crippen molar-refractivity contribution in [3.05, 3.63) is 59.0 Å². The van der Waals surface area contributed by atoms with E-state index in [4.69, 9.17) is 16.3 Å². The van der Waals surface area contributed by atoms with Crippen molar-refractivity contribution in [3.8, 4) is 0 Å². The Bertz CT molecular complexity index is 1400. The summed E-state index contributed by atoms with van der Waals surface area (Å²) in [5.74, 6) is -2.68. The van der Waals surface area contributed by atoms with Crippen LogP contribution in [0.3, 0.4) is 0 Å². The predicted octanol–water partition coefficient (Wildman–Crippen LogP) is 3.67. The highest BCUT2D eigenvalue weighted by molar-refractivity contribution is 7.89. The van der Waals surface area contributed by atoms with Crippen LogP contribution in [-0.4, -0.2) is 60.8 Å². The summed E-state index contributed by atoms with van der Waals surface area (Å²) in [5.41, 5.74) is -1.51. The van der Waals surface area contributed by atoms with Crippen LogP contribution in [0, 0.1) is 17.5 Å². The second kappa shape index (κ2) is 8.29. The van der Waals surface area contributed by atoms with E-state index in [0.29, 0.717) is 0 Å². The number of ether oxygens (including phenoxy) is 1. The number of anilines is 1. The van der Waals surface area contributed by atoms with Crippen LogP contribution in [0.2, 0.25) is 5.02 Å². The van der Waals surface area contributed by atoms with Gasteiger partial charge in [0.2, 0.25) is 10.0 Å². The number of benzene rings is 2. The van der Waals surface area contributed by atoms with Gasteiger partial charge in [0.15, 0.2) is 23.5 Å². The third kappa shape index (κ3) is 3.69. The molecule has 0 N–H and O–H groups in total. The Labute approximate surface area is 197 Å². The Kier molecular flexibility index (Phi) is 5.66. The summed E-state index contributed by atoms with van der Waals surface area (Å²) in [4.78, 5) is 9.58. The molecule has 34 heavy (non-hydrogen) atoms. The predicted molar refractivity (Wildman–Crippen MR) is 115 cm³/mol. The van der Waals surface area contributed by atoms with Gasteiger partial charge < -0.3 is 9.64 Å². The molecular formula is C21H17ClF4N4O3S. The Balaban J connectivity index is 1.42. The molecule has 3 heterocycles. The van der Waals surface area contributed by atoms with Crippen molar-refractivity contribution in [3.63, 3.8) is 0 Å². The average Bonchev–Trinajstić information content (AvgIpc) is 3.23. The number of rotatable bonds is 3. The number of sulfonamides is 1. The number of nitrogens with zero attached hydrogens (tertiary/aromatic N) is 4. The van der Waals surface area contributed by atoms with E-state index in [1.807, 2.05) is 0 Å². The molecule has 2 aliphatic rings. The first-order valence-corrected chi connectivity index (χ1v) is 12.1. The van der Waals surface area contributed by atoms with Crippen molar-refractivity contribution in [1.29, 1.82) is 0 Å². The largest absolute Gasteiger partial charge is 0.355 e. The summed E-state index contributed by atoms with van der Waals surface area (Å²) in [6.07, 6.45) is -0.508. The molecule has 180 valence electrons. The summed E-state index contributed by atoms with van der Waals surface area (Å²) >= 11 is 5.75. The fourth-order valence-corrected chi connectivity index (χ4v) is 6.32. The van der Waals surface area contributed by atoms with E-state index in [0.717, 1.165) is 34.6 Å². The third-order valence-electron chi connectivity index (χ3n) is 6.05. The fourth-order valence-electron chi connectivity index (χ4n) is 4.34. The van der Waals surface area contributed by atoms with Crippen LogP contribution in [-0.2, 0) is 14.8 Å². The van der Waals surface area contributed by atoms with Gasteiger partial charge in [0, 0.05) is 31.6 Å². The zero-order valence-corrected chi connectivity index (χ0v) is 19.0. The maximum absolute atomic E-state index is 15.6. The molecule has 0 saturated carbocycles. The second-order valence-electron chi connectivity index (χ2n) is 7.99. The average molecular weight is 517 g/mol. The minimum Gasteiger partial charge on any atom is -0.355 e. The van der Waals surface area contributed by atoms with Gasteiger partial charge in [-0.15, -0.1) is 0 Å². The van der Waals surface area contributed by atoms with Crippen LogP contribution in [0.4, 0.5) is 23.4 Å². The fraction of sp³-hybridized carbons (Fsp3) is 0.333. The number of hydrogen-bond donors (Lipinski definition) is 0. The topological polar surface area (TPSA) is 75.6 Å². The number of piperidine rings is 1. The molecule has 1 spiro atoms. The molecule has 0 unspecified atom stereocenters. The summed E-state index contributed by atoms with van der Waals surface area (Å²) in [7, 11) is -4.25. The summed E-state index contributed by atoms with van der Waals surface area (Å²) in [6, 6.07) is 4.80. The number of alkyl halides is 1. The molecule has 0 radical (unpaired) electrons. The molecule has 0 bridgehead atoms. The van der Waals surface area contributed by atoms with Gasteiger partial charge in [-0.25, -0.2) is 31.0 Å². The molecule has 1 aromatic heterocycles. The van der Waals surface area contributed by atoms with E-state index in [1.54, 1.807) is 0 Å². The van der Waals surface area contributed by atoms with Crippen molar-refractivity contribution in [2.45, 2.75) is 23.2 Å². The van der Waals surface area contributed by atoms with Crippen LogP contribution in [0.25, 0.3) is 11.0 Å². The van der Waals surface area contributed by atoms with Gasteiger partial charge in [-0.05, 0) is 18.2 Å². The molecule has 13 heteroatoms. The SMILES string of the molecule is O=S(=O)(c1ccc(F)c(Cl)c1)N1CCO[C@]12CCN(c1cnc3cc(F)c(F)cc3n1)C[C@H]2F. The molecule has 2 aromatic carbocycles. The van der Waals surface area contributed by atoms with E-state index >= 15 is 4.39 Å². The minimum atomic E-state index is -4.25. The lowest BCUT2D eigenvalue weighted by molar-refractivity contribution is -0.116. The first-order chi connectivity index (χ1) is 16.1. The number of aromatic nitrogens is 2. The zero-order valence-electron chi connectivity index (χ0n) is 17.4. The van der Waals surface area contributed by atoms with Gasteiger partial charge in [-0.1, -0.05) is 11.6 Å². The zero-order chi connectivity index (χ0) is 24.3. The Morgan fingerprint density at radius 1 is 1.06 bits per heavy atom. The van der Waals surface area contributed by atoms with Crippen LogP contribution >= 0.6 is 11.6 Å². The van der Waals surface area contributed by atoms with Crippen LogP contribution in [0.1, 0.15) is 6.42 Å². The van der Waals surface area contributed by atoms with Crippen molar-refractivity contribution < 1.29 is 30.7 Å². The lowest BCUT2D eigenvalue weighted by Gasteiger charge is -2.45. The summed E-state index contributed by atoms with van der Waals surface area (Å²) < 4.78 is 89.4.